The largest absolute Gasteiger partial charge is 0.496 e. The van der Waals surface area contributed by atoms with Crippen molar-refractivity contribution in [3.63, 3.8) is 0 Å². The molecule has 0 radical (unpaired) electrons. The molecule has 2 rings (SSSR count). The number of benzene rings is 2. The molecule has 5 nitrogen and oxygen atoms in total. The van der Waals surface area contributed by atoms with Crippen LogP contribution >= 0.6 is 0 Å². The van der Waals surface area contributed by atoms with E-state index in [0.717, 1.165) is 0 Å². The zero-order chi connectivity index (χ0) is 16.5. The highest BCUT2D eigenvalue weighted by Gasteiger charge is 2.06. The minimum absolute atomic E-state index is 0.252. The number of amidine groups is 1. The average Bonchev–Trinajstić information content (AvgIpc) is 2.59. The second-order valence-electron chi connectivity index (χ2n) is 4.67. The third-order valence-corrected chi connectivity index (χ3v) is 3.01. The minimum Gasteiger partial charge on any atom is -0.496 e. The molecule has 0 amide bonds. The quantitative estimate of drug-likeness (QED) is 0.352. The Kier molecular flexibility index (Phi) is 6.23. The first-order valence-corrected chi connectivity index (χ1v) is 7.18. The highest BCUT2D eigenvalue weighted by atomic mass is 19.1. The lowest BCUT2D eigenvalue weighted by Crippen LogP contribution is -2.15. The van der Waals surface area contributed by atoms with E-state index in [0.29, 0.717) is 36.7 Å². The van der Waals surface area contributed by atoms with Crippen LogP contribution in [0.5, 0.6) is 11.5 Å². The normalized spacial score (nSPS) is 11.1. The lowest BCUT2D eigenvalue weighted by Gasteiger charge is -2.08. The van der Waals surface area contributed by atoms with Gasteiger partial charge in [0.2, 0.25) is 0 Å². The molecule has 0 unspecified atom stereocenters. The predicted octanol–water partition coefficient (Wildman–Crippen LogP) is 2.94. The van der Waals surface area contributed by atoms with Crippen LogP contribution in [0.4, 0.5) is 4.39 Å². The van der Waals surface area contributed by atoms with Gasteiger partial charge in [0.15, 0.2) is 5.84 Å². The third kappa shape index (κ3) is 5.18. The van der Waals surface area contributed by atoms with Crippen LogP contribution < -0.4 is 15.2 Å². The fraction of sp³-hybridized carbons (Fsp3) is 0.235. The van der Waals surface area contributed by atoms with Gasteiger partial charge in [-0.3, -0.25) is 0 Å². The zero-order valence-corrected chi connectivity index (χ0v) is 12.9. The summed E-state index contributed by atoms with van der Waals surface area (Å²) in [4.78, 5) is 5.17. The van der Waals surface area contributed by atoms with E-state index in [-0.39, 0.29) is 11.7 Å². The van der Waals surface area contributed by atoms with Gasteiger partial charge in [-0.15, -0.1) is 0 Å². The number of hydrogen-bond donors (Lipinski definition) is 1. The number of halogens is 1. The summed E-state index contributed by atoms with van der Waals surface area (Å²) in [6, 6.07) is 13.2. The Balaban J connectivity index is 1.72. The van der Waals surface area contributed by atoms with Crippen LogP contribution in [0.25, 0.3) is 0 Å². The number of ether oxygens (including phenoxy) is 2. The maximum Gasteiger partial charge on any atom is 0.174 e. The van der Waals surface area contributed by atoms with Crippen LogP contribution in [-0.2, 0) is 4.84 Å². The van der Waals surface area contributed by atoms with Crippen LogP contribution in [0.15, 0.2) is 53.7 Å². The number of para-hydroxylation sites is 1. The molecule has 0 spiro atoms. The van der Waals surface area contributed by atoms with Crippen molar-refractivity contribution >= 4 is 5.84 Å². The molecule has 0 aliphatic heterocycles. The minimum atomic E-state index is -0.290. The van der Waals surface area contributed by atoms with Crippen LogP contribution in [0, 0.1) is 5.82 Å². The molecule has 0 heterocycles. The maximum atomic E-state index is 12.7. The maximum absolute atomic E-state index is 12.7. The van der Waals surface area contributed by atoms with Gasteiger partial charge in [-0.2, -0.15) is 0 Å². The monoisotopic (exact) mass is 318 g/mol. The van der Waals surface area contributed by atoms with Crippen molar-refractivity contribution in [2.45, 2.75) is 6.42 Å². The van der Waals surface area contributed by atoms with E-state index in [1.54, 1.807) is 31.4 Å². The molecule has 0 saturated heterocycles. The summed E-state index contributed by atoms with van der Waals surface area (Å²) in [6.45, 7) is 0.798. The SMILES string of the molecule is COc1ccccc1/C(N)=N/OCCCOc1ccc(F)cc1. The van der Waals surface area contributed by atoms with Gasteiger partial charge >= 0.3 is 0 Å². The summed E-state index contributed by atoms with van der Waals surface area (Å²) in [5.74, 6) is 1.21. The topological polar surface area (TPSA) is 66.1 Å². The molecule has 0 bridgehead atoms. The fourth-order valence-corrected chi connectivity index (χ4v) is 1.86. The Morgan fingerprint density at radius 2 is 1.83 bits per heavy atom. The first-order valence-electron chi connectivity index (χ1n) is 7.18. The zero-order valence-electron chi connectivity index (χ0n) is 12.9. The average molecular weight is 318 g/mol. The molecule has 0 saturated carbocycles. The third-order valence-electron chi connectivity index (χ3n) is 3.01. The number of nitrogens with zero attached hydrogens (tertiary/aromatic N) is 1. The van der Waals surface area contributed by atoms with E-state index in [9.17, 15) is 4.39 Å². The fourth-order valence-electron chi connectivity index (χ4n) is 1.86. The van der Waals surface area contributed by atoms with E-state index in [1.807, 2.05) is 12.1 Å². The van der Waals surface area contributed by atoms with Crippen LogP contribution in [-0.4, -0.2) is 26.2 Å². The molecular formula is C17H19FN2O3. The van der Waals surface area contributed by atoms with Crippen molar-refractivity contribution in [1.29, 1.82) is 0 Å². The Hall–Kier alpha value is -2.76. The first kappa shape index (κ1) is 16.6. The molecule has 0 aliphatic carbocycles. The number of rotatable bonds is 8. The molecule has 23 heavy (non-hydrogen) atoms. The van der Waals surface area contributed by atoms with Crippen molar-refractivity contribution in [2.75, 3.05) is 20.3 Å². The number of oxime groups is 1. The second kappa shape index (κ2) is 8.63. The van der Waals surface area contributed by atoms with E-state index in [1.165, 1.54) is 12.1 Å². The van der Waals surface area contributed by atoms with Crippen LogP contribution in [0.2, 0.25) is 0 Å². The Morgan fingerprint density at radius 1 is 1.09 bits per heavy atom. The van der Waals surface area contributed by atoms with E-state index in [4.69, 9.17) is 20.0 Å². The molecule has 122 valence electrons. The smallest absolute Gasteiger partial charge is 0.174 e. The van der Waals surface area contributed by atoms with E-state index < -0.39 is 0 Å². The molecular weight excluding hydrogens is 299 g/mol. The summed E-state index contributed by atoms with van der Waals surface area (Å²) in [7, 11) is 1.57. The molecule has 0 aliphatic rings. The van der Waals surface area contributed by atoms with Crippen LogP contribution in [0.3, 0.4) is 0 Å². The summed E-state index contributed by atoms with van der Waals surface area (Å²) >= 11 is 0. The standard InChI is InChI=1S/C17H19FN2O3/c1-21-16-6-3-2-5-15(16)17(19)20-23-12-4-11-22-14-9-7-13(18)8-10-14/h2-3,5-10H,4,11-12H2,1H3,(H2,19,20). The number of methoxy groups -OCH3 is 1. The summed E-state index contributed by atoms with van der Waals surface area (Å²) < 4.78 is 23.4. The molecule has 2 aromatic carbocycles. The van der Waals surface area contributed by atoms with Crippen molar-refractivity contribution in [1.82, 2.24) is 0 Å². The van der Waals surface area contributed by atoms with Crippen molar-refractivity contribution in [2.24, 2.45) is 10.9 Å². The molecule has 0 aromatic heterocycles. The van der Waals surface area contributed by atoms with Crippen LogP contribution in [0.1, 0.15) is 12.0 Å². The van der Waals surface area contributed by atoms with E-state index >= 15 is 0 Å². The highest BCUT2D eigenvalue weighted by Crippen LogP contribution is 2.16. The molecule has 2 aromatic rings. The lowest BCUT2D eigenvalue weighted by molar-refractivity contribution is 0.127. The van der Waals surface area contributed by atoms with E-state index in [2.05, 4.69) is 5.16 Å². The molecule has 2 N–H and O–H groups in total. The lowest BCUT2D eigenvalue weighted by atomic mass is 10.2. The second-order valence-corrected chi connectivity index (χ2v) is 4.67. The van der Waals surface area contributed by atoms with Gasteiger partial charge in [0.05, 0.1) is 19.3 Å². The van der Waals surface area contributed by atoms with Crippen molar-refractivity contribution < 1.29 is 18.7 Å². The molecule has 0 fully saturated rings. The molecule has 6 heteroatoms. The van der Waals surface area contributed by atoms with Gasteiger partial charge in [0.25, 0.3) is 0 Å². The van der Waals surface area contributed by atoms with Gasteiger partial charge in [0.1, 0.15) is 23.9 Å². The van der Waals surface area contributed by atoms with Crippen molar-refractivity contribution in [3.8, 4) is 11.5 Å². The summed E-state index contributed by atoms with van der Waals surface area (Å²) in [6.07, 6.45) is 0.625. The molecule has 0 atom stereocenters. The predicted molar refractivity (Wildman–Crippen MR) is 86.2 cm³/mol. The Morgan fingerprint density at radius 3 is 2.57 bits per heavy atom. The summed E-state index contributed by atoms with van der Waals surface area (Å²) in [5, 5.41) is 3.87. The number of hydrogen-bond acceptors (Lipinski definition) is 4. The number of nitrogens with two attached hydrogens (primary N) is 1. The van der Waals surface area contributed by atoms with Gasteiger partial charge in [-0.05, 0) is 36.4 Å². The Bertz CT molecular complexity index is 645. The Labute approximate surface area is 134 Å². The van der Waals surface area contributed by atoms with Crippen molar-refractivity contribution in [3.05, 3.63) is 59.9 Å². The van der Waals surface area contributed by atoms with Gasteiger partial charge in [-0.25, -0.2) is 4.39 Å². The summed E-state index contributed by atoms with van der Waals surface area (Å²) in [5.41, 5.74) is 6.55. The highest BCUT2D eigenvalue weighted by molar-refractivity contribution is 5.99. The van der Waals surface area contributed by atoms with Gasteiger partial charge < -0.3 is 20.0 Å². The van der Waals surface area contributed by atoms with Gasteiger partial charge in [-0.1, -0.05) is 17.3 Å². The van der Waals surface area contributed by atoms with Gasteiger partial charge in [0, 0.05) is 6.42 Å². The first-order chi connectivity index (χ1) is 11.2.